The van der Waals surface area contributed by atoms with E-state index in [0.29, 0.717) is 16.4 Å². The predicted molar refractivity (Wildman–Crippen MR) is 77.3 cm³/mol. The summed E-state index contributed by atoms with van der Waals surface area (Å²) >= 11 is 1.40. The van der Waals surface area contributed by atoms with E-state index in [4.69, 9.17) is 4.74 Å². The number of ether oxygens (including phenoxy) is 1. The van der Waals surface area contributed by atoms with Crippen LogP contribution in [0.5, 0.6) is 5.75 Å². The predicted octanol–water partition coefficient (Wildman–Crippen LogP) is 3.33. The molecule has 0 unspecified atom stereocenters. The van der Waals surface area contributed by atoms with Gasteiger partial charge in [0.05, 0.1) is 18.5 Å². The zero-order valence-corrected chi connectivity index (χ0v) is 12.2. The first-order valence-electron chi connectivity index (χ1n) is 5.91. The number of hydrogen-bond donors (Lipinski definition) is 1. The Bertz CT molecular complexity index is 600. The SMILES string of the molecule is COc1ccc(C)cc1NC(=O)c1nc(C)c(C)s1. The van der Waals surface area contributed by atoms with Crippen molar-refractivity contribution < 1.29 is 9.53 Å². The third-order valence-corrected chi connectivity index (χ3v) is 3.90. The van der Waals surface area contributed by atoms with Gasteiger partial charge in [0.2, 0.25) is 0 Å². The van der Waals surface area contributed by atoms with Crippen LogP contribution in [0.1, 0.15) is 25.9 Å². The molecule has 0 spiro atoms. The van der Waals surface area contributed by atoms with Gasteiger partial charge in [0, 0.05) is 4.88 Å². The number of thiazole rings is 1. The van der Waals surface area contributed by atoms with Crippen molar-refractivity contribution in [2.24, 2.45) is 0 Å². The molecule has 0 aliphatic heterocycles. The molecule has 2 rings (SSSR count). The number of anilines is 1. The van der Waals surface area contributed by atoms with Crippen LogP contribution in [0, 0.1) is 20.8 Å². The van der Waals surface area contributed by atoms with Gasteiger partial charge in [0.25, 0.3) is 5.91 Å². The summed E-state index contributed by atoms with van der Waals surface area (Å²) in [5, 5.41) is 3.31. The number of carbonyl (C=O) groups excluding carboxylic acids is 1. The van der Waals surface area contributed by atoms with Crippen LogP contribution < -0.4 is 10.1 Å². The third kappa shape index (κ3) is 2.93. The number of nitrogens with one attached hydrogen (secondary N) is 1. The molecule has 1 N–H and O–H groups in total. The largest absolute Gasteiger partial charge is 0.495 e. The first kappa shape index (κ1) is 13.5. The van der Waals surface area contributed by atoms with Crippen LogP contribution in [-0.2, 0) is 0 Å². The topological polar surface area (TPSA) is 51.2 Å². The second-order valence-corrected chi connectivity index (χ2v) is 5.52. The fourth-order valence-corrected chi connectivity index (χ4v) is 2.47. The second-order valence-electron chi connectivity index (χ2n) is 4.32. The van der Waals surface area contributed by atoms with E-state index in [2.05, 4.69) is 10.3 Å². The zero-order chi connectivity index (χ0) is 14.0. The van der Waals surface area contributed by atoms with Gasteiger partial charge in [-0.15, -0.1) is 11.3 Å². The fourth-order valence-electron chi connectivity index (χ4n) is 1.67. The van der Waals surface area contributed by atoms with Crippen LogP contribution in [0.4, 0.5) is 5.69 Å². The molecule has 0 saturated heterocycles. The van der Waals surface area contributed by atoms with Crippen molar-refractivity contribution in [2.75, 3.05) is 12.4 Å². The molecule has 5 heteroatoms. The summed E-state index contributed by atoms with van der Waals surface area (Å²) in [4.78, 5) is 17.4. The van der Waals surface area contributed by atoms with Crippen LogP contribution in [-0.4, -0.2) is 18.0 Å². The van der Waals surface area contributed by atoms with Crippen molar-refractivity contribution in [1.29, 1.82) is 0 Å². The van der Waals surface area contributed by atoms with E-state index in [1.54, 1.807) is 7.11 Å². The van der Waals surface area contributed by atoms with Crippen molar-refractivity contribution >= 4 is 22.9 Å². The summed E-state index contributed by atoms with van der Waals surface area (Å²) in [6.45, 7) is 5.82. The molecule has 100 valence electrons. The smallest absolute Gasteiger partial charge is 0.284 e. The highest BCUT2D eigenvalue weighted by Gasteiger charge is 2.14. The minimum atomic E-state index is -0.204. The van der Waals surface area contributed by atoms with Crippen LogP contribution in [0.25, 0.3) is 0 Å². The monoisotopic (exact) mass is 276 g/mol. The molecular formula is C14H16N2O2S. The number of carbonyl (C=O) groups is 1. The summed E-state index contributed by atoms with van der Waals surface area (Å²) in [7, 11) is 1.58. The standard InChI is InChI=1S/C14H16N2O2S/c1-8-5-6-12(18-4)11(7-8)16-13(17)14-15-9(2)10(3)19-14/h5-7H,1-4H3,(H,16,17). The molecule has 0 aliphatic carbocycles. The molecule has 2 aromatic rings. The minimum absolute atomic E-state index is 0.204. The van der Waals surface area contributed by atoms with Crippen molar-refractivity contribution in [3.8, 4) is 5.75 Å². The number of methoxy groups -OCH3 is 1. The number of aromatic nitrogens is 1. The Morgan fingerprint density at radius 2 is 2.05 bits per heavy atom. The highest BCUT2D eigenvalue weighted by molar-refractivity contribution is 7.13. The lowest BCUT2D eigenvalue weighted by molar-refractivity contribution is 0.102. The van der Waals surface area contributed by atoms with Gasteiger partial charge < -0.3 is 10.1 Å². The Kier molecular flexibility index (Phi) is 3.85. The Hall–Kier alpha value is -1.88. The fraction of sp³-hybridized carbons (Fsp3) is 0.286. The quantitative estimate of drug-likeness (QED) is 0.935. The second kappa shape index (κ2) is 5.40. The van der Waals surface area contributed by atoms with Gasteiger partial charge >= 0.3 is 0 Å². The molecular weight excluding hydrogens is 260 g/mol. The van der Waals surface area contributed by atoms with Gasteiger partial charge in [0.15, 0.2) is 5.01 Å². The van der Waals surface area contributed by atoms with Crippen molar-refractivity contribution in [1.82, 2.24) is 4.98 Å². The summed E-state index contributed by atoms with van der Waals surface area (Å²) in [6.07, 6.45) is 0. The Morgan fingerprint density at radius 1 is 1.32 bits per heavy atom. The third-order valence-electron chi connectivity index (χ3n) is 2.83. The van der Waals surface area contributed by atoms with Gasteiger partial charge in [-0.1, -0.05) is 6.07 Å². The van der Waals surface area contributed by atoms with Gasteiger partial charge in [-0.25, -0.2) is 4.98 Å². The summed E-state index contributed by atoms with van der Waals surface area (Å²) in [5.74, 6) is 0.439. The van der Waals surface area contributed by atoms with E-state index in [1.165, 1.54) is 11.3 Å². The van der Waals surface area contributed by atoms with Gasteiger partial charge in [-0.2, -0.15) is 0 Å². The number of aryl methyl sites for hydroxylation is 3. The molecule has 1 aromatic heterocycles. The van der Waals surface area contributed by atoms with Crippen molar-refractivity contribution in [2.45, 2.75) is 20.8 Å². The Labute approximate surface area is 116 Å². The van der Waals surface area contributed by atoms with Crippen molar-refractivity contribution in [3.63, 3.8) is 0 Å². The van der Waals surface area contributed by atoms with E-state index in [9.17, 15) is 4.79 Å². The molecule has 0 atom stereocenters. The first-order valence-corrected chi connectivity index (χ1v) is 6.73. The lowest BCUT2D eigenvalue weighted by Gasteiger charge is -2.09. The minimum Gasteiger partial charge on any atom is -0.495 e. The molecule has 0 aliphatic rings. The normalized spacial score (nSPS) is 10.3. The van der Waals surface area contributed by atoms with E-state index in [1.807, 2.05) is 39.0 Å². The molecule has 19 heavy (non-hydrogen) atoms. The molecule has 0 radical (unpaired) electrons. The number of amides is 1. The number of hydrogen-bond acceptors (Lipinski definition) is 4. The first-order chi connectivity index (χ1) is 9.01. The van der Waals surface area contributed by atoms with Gasteiger partial charge in [-0.05, 0) is 38.5 Å². The summed E-state index contributed by atoms with van der Waals surface area (Å²) in [5.41, 5.74) is 2.62. The molecule has 0 bridgehead atoms. The lowest BCUT2D eigenvalue weighted by Crippen LogP contribution is -2.12. The van der Waals surface area contributed by atoms with Crippen LogP contribution in [0.15, 0.2) is 18.2 Å². The number of rotatable bonds is 3. The van der Waals surface area contributed by atoms with Gasteiger partial charge in [-0.3, -0.25) is 4.79 Å². The van der Waals surface area contributed by atoms with Crippen LogP contribution >= 0.6 is 11.3 Å². The van der Waals surface area contributed by atoms with Gasteiger partial charge in [0.1, 0.15) is 5.75 Å². The average Bonchev–Trinajstić information content (AvgIpc) is 2.70. The maximum Gasteiger partial charge on any atom is 0.284 e. The summed E-state index contributed by atoms with van der Waals surface area (Å²) < 4.78 is 5.23. The molecule has 1 heterocycles. The maximum absolute atomic E-state index is 12.1. The Morgan fingerprint density at radius 3 is 2.63 bits per heavy atom. The zero-order valence-electron chi connectivity index (χ0n) is 11.4. The highest BCUT2D eigenvalue weighted by Crippen LogP contribution is 2.26. The highest BCUT2D eigenvalue weighted by atomic mass is 32.1. The molecule has 1 aromatic carbocycles. The molecule has 4 nitrogen and oxygen atoms in total. The number of nitrogens with zero attached hydrogens (tertiary/aromatic N) is 1. The average molecular weight is 276 g/mol. The van der Waals surface area contributed by atoms with E-state index >= 15 is 0 Å². The maximum atomic E-state index is 12.1. The number of benzene rings is 1. The van der Waals surface area contributed by atoms with Crippen molar-refractivity contribution in [3.05, 3.63) is 39.3 Å². The Balaban J connectivity index is 2.25. The lowest BCUT2D eigenvalue weighted by atomic mass is 10.2. The molecule has 0 fully saturated rings. The van der Waals surface area contributed by atoms with Crippen LogP contribution in [0.3, 0.4) is 0 Å². The van der Waals surface area contributed by atoms with Crippen LogP contribution in [0.2, 0.25) is 0 Å². The molecule has 0 saturated carbocycles. The van der Waals surface area contributed by atoms with E-state index < -0.39 is 0 Å². The molecule has 1 amide bonds. The van der Waals surface area contributed by atoms with E-state index in [0.717, 1.165) is 16.1 Å². The van der Waals surface area contributed by atoms with E-state index in [-0.39, 0.29) is 5.91 Å². The summed E-state index contributed by atoms with van der Waals surface area (Å²) in [6, 6.07) is 5.65.